The predicted molar refractivity (Wildman–Crippen MR) is 130 cm³/mol. The maximum absolute atomic E-state index is 6.52. The van der Waals surface area contributed by atoms with Crippen molar-refractivity contribution in [1.29, 1.82) is 0 Å². The molecule has 0 amide bonds. The fourth-order valence-corrected chi connectivity index (χ4v) is 4.94. The molecular formula is C29H26N2O. The van der Waals surface area contributed by atoms with E-state index in [0.29, 0.717) is 5.92 Å². The van der Waals surface area contributed by atoms with Crippen molar-refractivity contribution < 1.29 is 4.74 Å². The van der Waals surface area contributed by atoms with Crippen LogP contribution in [0.1, 0.15) is 60.7 Å². The molecule has 0 N–H and O–H groups in total. The zero-order valence-corrected chi connectivity index (χ0v) is 18.4. The summed E-state index contributed by atoms with van der Waals surface area (Å²) in [7, 11) is 0. The van der Waals surface area contributed by atoms with E-state index in [4.69, 9.17) is 9.84 Å². The predicted octanol–water partition coefficient (Wildman–Crippen LogP) is 7.21. The van der Waals surface area contributed by atoms with Crippen LogP contribution >= 0.6 is 0 Å². The largest absolute Gasteiger partial charge is 0.464 e. The first kappa shape index (κ1) is 19.1. The molecule has 0 saturated carbocycles. The summed E-state index contributed by atoms with van der Waals surface area (Å²) in [6, 6.07) is 32.4. The normalized spacial score (nSPS) is 19.5. The monoisotopic (exact) mass is 418 g/mol. The molecule has 2 aliphatic rings. The van der Waals surface area contributed by atoms with Gasteiger partial charge in [-0.05, 0) is 28.3 Å². The van der Waals surface area contributed by atoms with E-state index in [1.807, 2.05) is 0 Å². The van der Waals surface area contributed by atoms with Gasteiger partial charge in [-0.2, -0.15) is 5.10 Å². The molecule has 0 radical (unpaired) electrons. The lowest BCUT2D eigenvalue weighted by atomic mass is 9.93. The molecule has 0 unspecified atom stereocenters. The highest BCUT2D eigenvalue weighted by molar-refractivity contribution is 6.11. The third-order valence-corrected chi connectivity index (χ3v) is 6.69. The number of ether oxygens (including phenoxy) is 1. The minimum atomic E-state index is -0.233. The molecule has 6 rings (SSSR count). The standard InChI is InChI=1S/C29H26N2O/c1-19(2)20-14-16-22(17-15-20)29-31-27(25-11-5-6-13-28(25)32-29)18-26(30-31)24-12-7-9-21-8-3-4-10-23(21)24/h3-17,19,27,29H,18H2,1-2H3/t27-,29+/m1/s1. The lowest BCUT2D eigenvalue weighted by Crippen LogP contribution is -2.33. The fraction of sp³-hybridized carbons (Fsp3) is 0.207. The summed E-state index contributed by atoms with van der Waals surface area (Å²) in [4.78, 5) is 0. The molecule has 0 aromatic heterocycles. The van der Waals surface area contributed by atoms with E-state index in [2.05, 4.69) is 110 Å². The topological polar surface area (TPSA) is 24.8 Å². The first-order valence-electron chi connectivity index (χ1n) is 11.4. The van der Waals surface area contributed by atoms with Gasteiger partial charge in [-0.1, -0.05) is 98.8 Å². The molecule has 4 aromatic rings. The second-order valence-electron chi connectivity index (χ2n) is 9.00. The smallest absolute Gasteiger partial charge is 0.213 e. The molecule has 0 spiro atoms. The van der Waals surface area contributed by atoms with Gasteiger partial charge in [0.2, 0.25) is 6.23 Å². The van der Waals surface area contributed by atoms with E-state index < -0.39 is 0 Å². The molecule has 0 saturated heterocycles. The van der Waals surface area contributed by atoms with E-state index in [-0.39, 0.29) is 12.3 Å². The zero-order chi connectivity index (χ0) is 21.7. The Hall–Kier alpha value is -3.59. The van der Waals surface area contributed by atoms with Crippen molar-refractivity contribution in [3.05, 3.63) is 113 Å². The highest BCUT2D eigenvalue weighted by atomic mass is 16.5. The second kappa shape index (κ2) is 7.52. The van der Waals surface area contributed by atoms with Gasteiger partial charge in [0.25, 0.3) is 0 Å². The van der Waals surface area contributed by atoms with E-state index in [1.54, 1.807) is 0 Å². The van der Waals surface area contributed by atoms with Crippen LogP contribution in [-0.2, 0) is 0 Å². The number of nitrogens with zero attached hydrogens (tertiary/aromatic N) is 2. The lowest BCUT2D eigenvalue weighted by Gasteiger charge is -2.38. The number of hydrazone groups is 1. The molecule has 4 aromatic carbocycles. The number of hydrogen-bond donors (Lipinski definition) is 0. The van der Waals surface area contributed by atoms with Crippen molar-refractivity contribution in [2.75, 3.05) is 0 Å². The first-order chi connectivity index (χ1) is 15.7. The Bertz CT molecular complexity index is 1320. The highest BCUT2D eigenvalue weighted by Crippen LogP contribution is 2.47. The van der Waals surface area contributed by atoms with E-state index in [0.717, 1.165) is 23.4 Å². The van der Waals surface area contributed by atoms with Crippen molar-refractivity contribution >= 4 is 16.5 Å². The summed E-state index contributed by atoms with van der Waals surface area (Å²) in [5, 5.41) is 9.84. The molecule has 0 bridgehead atoms. The van der Waals surface area contributed by atoms with E-state index in [1.165, 1.54) is 27.5 Å². The van der Waals surface area contributed by atoms with Crippen molar-refractivity contribution in [1.82, 2.24) is 5.01 Å². The maximum atomic E-state index is 6.52. The number of para-hydroxylation sites is 1. The third-order valence-electron chi connectivity index (χ3n) is 6.69. The minimum Gasteiger partial charge on any atom is -0.464 e. The van der Waals surface area contributed by atoms with Crippen LogP contribution in [0.25, 0.3) is 10.8 Å². The van der Waals surface area contributed by atoms with Crippen molar-refractivity contribution in [3.63, 3.8) is 0 Å². The average molecular weight is 419 g/mol. The summed E-state index contributed by atoms with van der Waals surface area (Å²) in [6.45, 7) is 4.44. The molecule has 3 heteroatoms. The minimum absolute atomic E-state index is 0.170. The van der Waals surface area contributed by atoms with Gasteiger partial charge in [-0.25, -0.2) is 5.01 Å². The quantitative estimate of drug-likeness (QED) is 0.351. The Morgan fingerprint density at radius 3 is 2.44 bits per heavy atom. The summed E-state index contributed by atoms with van der Waals surface area (Å²) < 4.78 is 6.52. The van der Waals surface area contributed by atoms with Crippen LogP contribution in [-0.4, -0.2) is 10.7 Å². The first-order valence-corrected chi connectivity index (χ1v) is 11.4. The molecule has 158 valence electrons. The van der Waals surface area contributed by atoms with Gasteiger partial charge < -0.3 is 4.74 Å². The number of benzene rings is 4. The molecule has 32 heavy (non-hydrogen) atoms. The molecule has 0 aliphatic carbocycles. The van der Waals surface area contributed by atoms with Gasteiger partial charge in [0.1, 0.15) is 5.75 Å². The summed E-state index contributed by atoms with van der Waals surface area (Å²) in [5.41, 5.74) is 6.01. The van der Waals surface area contributed by atoms with Gasteiger partial charge in [-0.3, -0.25) is 0 Å². The van der Waals surface area contributed by atoms with E-state index in [9.17, 15) is 0 Å². The fourth-order valence-electron chi connectivity index (χ4n) is 4.94. The van der Waals surface area contributed by atoms with Gasteiger partial charge in [-0.15, -0.1) is 0 Å². The van der Waals surface area contributed by atoms with Gasteiger partial charge in [0, 0.05) is 23.1 Å². The Balaban J connectivity index is 1.45. The van der Waals surface area contributed by atoms with Crippen molar-refractivity contribution in [2.45, 2.75) is 38.5 Å². The highest BCUT2D eigenvalue weighted by Gasteiger charge is 2.41. The number of rotatable bonds is 3. The Morgan fingerprint density at radius 2 is 1.59 bits per heavy atom. The van der Waals surface area contributed by atoms with Crippen LogP contribution < -0.4 is 4.74 Å². The summed E-state index contributed by atoms with van der Waals surface area (Å²) in [6.07, 6.45) is 0.637. The molecule has 2 aliphatic heterocycles. The van der Waals surface area contributed by atoms with Crippen LogP contribution in [0.4, 0.5) is 0 Å². The van der Waals surface area contributed by atoms with Crippen LogP contribution in [0.15, 0.2) is 96.1 Å². The molecule has 3 nitrogen and oxygen atoms in total. The summed E-state index contributed by atoms with van der Waals surface area (Å²) >= 11 is 0. The Morgan fingerprint density at radius 1 is 0.844 bits per heavy atom. The maximum Gasteiger partial charge on any atom is 0.213 e. The molecule has 2 heterocycles. The molecular weight excluding hydrogens is 392 g/mol. The van der Waals surface area contributed by atoms with Crippen LogP contribution in [0, 0.1) is 0 Å². The van der Waals surface area contributed by atoms with Crippen LogP contribution in [0.2, 0.25) is 0 Å². The summed E-state index contributed by atoms with van der Waals surface area (Å²) in [5.74, 6) is 1.47. The third kappa shape index (κ3) is 3.08. The van der Waals surface area contributed by atoms with Gasteiger partial charge >= 0.3 is 0 Å². The van der Waals surface area contributed by atoms with Crippen molar-refractivity contribution in [3.8, 4) is 5.75 Å². The number of fused-ring (bicyclic) bond motifs is 4. The van der Waals surface area contributed by atoms with E-state index >= 15 is 0 Å². The van der Waals surface area contributed by atoms with Gasteiger partial charge in [0.15, 0.2) is 0 Å². The Labute approximate surface area is 189 Å². The Kier molecular flexibility index (Phi) is 4.50. The van der Waals surface area contributed by atoms with Crippen LogP contribution in [0.5, 0.6) is 5.75 Å². The van der Waals surface area contributed by atoms with Crippen LogP contribution in [0.3, 0.4) is 0 Å². The second-order valence-corrected chi connectivity index (χ2v) is 9.00. The molecule has 0 fully saturated rings. The number of hydrogen-bond acceptors (Lipinski definition) is 3. The van der Waals surface area contributed by atoms with Crippen molar-refractivity contribution in [2.24, 2.45) is 5.10 Å². The van der Waals surface area contributed by atoms with Gasteiger partial charge in [0.05, 0.1) is 11.8 Å². The molecule has 2 atom stereocenters. The zero-order valence-electron chi connectivity index (χ0n) is 18.4. The SMILES string of the molecule is CC(C)c1ccc([C@@H]2Oc3ccccc3[C@H]3CC(c4cccc5ccccc45)=NN32)cc1. The average Bonchev–Trinajstić information content (AvgIpc) is 3.29. The lowest BCUT2D eigenvalue weighted by molar-refractivity contribution is -0.0190.